The van der Waals surface area contributed by atoms with Crippen molar-refractivity contribution in [2.45, 2.75) is 40.5 Å². The van der Waals surface area contributed by atoms with Crippen LogP contribution in [0.2, 0.25) is 0 Å². The zero-order valence-corrected chi connectivity index (χ0v) is 18.9. The Labute approximate surface area is 186 Å². The number of hydrogen-bond acceptors (Lipinski definition) is 6. The van der Waals surface area contributed by atoms with Crippen molar-refractivity contribution in [2.24, 2.45) is 0 Å². The topological polar surface area (TPSA) is 100 Å². The molecule has 168 valence electrons. The number of fused-ring (bicyclic) bond motifs is 1. The monoisotopic (exact) mass is 436 g/mol. The molecule has 0 atom stereocenters. The summed E-state index contributed by atoms with van der Waals surface area (Å²) in [6.45, 7) is 7.80. The van der Waals surface area contributed by atoms with E-state index in [-0.39, 0.29) is 33.8 Å². The molecule has 0 saturated carbocycles. The van der Waals surface area contributed by atoms with Gasteiger partial charge in [-0.25, -0.2) is 0 Å². The van der Waals surface area contributed by atoms with Crippen molar-refractivity contribution in [3.8, 4) is 34.1 Å². The van der Waals surface area contributed by atoms with Crippen LogP contribution >= 0.6 is 0 Å². The van der Waals surface area contributed by atoms with Gasteiger partial charge in [0.15, 0.2) is 11.5 Å². The van der Waals surface area contributed by atoms with Crippen molar-refractivity contribution < 1.29 is 24.5 Å². The fourth-order valence-electron chi connectivity index (χ4n) is 3.56. The predicted molar refractivity (Wildman–Crippen MR) is 126 cm³/mol. The second-order valence-corrected chi connectivity index (χ2v) is 8.23. The molecule has 0 radical (unpaired) electrons. The van der Waals surface area contributed by atoms with Gasteiger partial charge in [-0.1, -0.05) is 23.3 Å². The third-order valence-electron chi connectivity index (χ3n) is 5.21. The highest BCUT2D eigenvalue weighted by Gasteiger charge is 2.20. The number of hydrogen-bond donors (Lipinski definition) is 3. The quantitative estimate of drug-likeness (QED) is 0.435. The molecule has 3 rings (SSSR count). The van der Waals surface area contributed by atoms with Gasteiger partial charge in [0.25, 0.3) is 0 Å². The number of aromatic hydroxyl groups is 3. The van der Waals surface area contributed by atoms with Crippen LogP contribution in [-0.2, 0) is 12.8 Å². The molecule has 0 aliphatic heterocycles. The van der Waals surface area contributed by atoms with Crippen LogP contribution in [0.15, 0.2) is 57.0 Å². The first-order valence-corrected chi connectivity index (χ1v) is 10.3. The molecule has 0 saturated heterocycles. The Bertz CT molecular complexity index is 1290. The lowest BCUT2D eigenvalue weighted by Gasteiger charge is -2.13. The maximum atomic E-state index is 13.4. The highest BCUT2D eigenvalue weighted by atomic mass is 16.5. The predicted octanol–water partition coefficient (Wildman–Crippen LogP) is 5.60. The molecule has 0 aliphatic carbocycles. The van der Waals surface area contributed by atoms with E-state index < -0.39 is 5.43 Å². The summed E-state index contributed by atoms with van der Waals surface area (Å²) in [6, 6.07) is 4.35. The summed E-state index contributed by atoms with van der Waals surface area (Å²) in [4.78, 5) is 13.4. The summed E-state index contributed by atoms with van der Waals surface area (Å²) in [5.74, 6) is -0.264. The van der Waals surface area contributed by atoms with Crippen LogP contribution in [0.25, 0.3) is 22.1 Å². The van der Waals surface area contributed by atoms with Crippen molar-refractivity contribution >= 4 is 11.0 Å². The molecule has 1 heterocycles. The van der Waals surface area contributed by atoms with Gasteiger partial charge in [-0.05, 0) is 58.2 Å². The van der Waals surface area contributed by atoms with Gasteiger partial charge >= 0.3 is 0 Å². The van der Waals surface area contributed by atoms with Crippen molar-refractivity contribution in [1.82, 2.24) is 0 Å². The normalized spacial score (nSPS) is 10.8. The minimum Gasteiger partial charge on any atom is -0.507 e. The van der Waals surface area contributed by atoms with Crippen molar-refractivity contribution in [2.75, 3.05) is 7.11 Å². The Balaban J connectivity index is 2.25. The van der Waals surface area contributed by atoms with Crippen LogP contribution < -0.4 is 10.2 Å². The Morgan fingerprint density at radius 2 is 1.59 bits per heavy atom. The van der Waals surface area contributed by atoms with Gasteiger partial charge < -0.3 is 24.5 Å². The summed E-state index contributed by atoms with van der Waals surface area (Å²) >= 11 is 0. The second-order valence-electron chi connectivity index (χ2n) is 8.23. The molecule has 0 amide bonds. The molecule has 6 heteroatoms. The average molecular weight is 437 g/mol. The van der Waals surface area contributed by atoms with E-state index in [9.17, 15) is 20.1 Å². The number of phenols is 3. The second kappa shape index (κ2) is 9.22. The highest BCUT2D eigenvalue weighted by Crippen LogP contribution is 2.38. The van der Waals surface area contributed by atoms with Gasteiger partial charge in [-0.2, -0.15) is 0 Å². The van der Waals surface area contributed by atoms with Gasteiger partial charge in [-0.15, -0.1) is 0 Å². The number of phenolic OH excluding ortho intramolecular Hbond substituents is 3. The molecule has 2 aromatic carbocycles. The first kappa shape index (κ1) is 23.0. The van der Waals surface area contributed by atoms with Crippen LogP contribution in [0, 0.1) is 0 Å². The van der Waals surface area contributed by atoms with E-state index in [1.54, 1.807) is 6.07 Å². The minimum absolute atomic E-state index is 0.0152. The lowest BCUT2D eigenvalue weighted by molar-refractivity contribution is 0.370. The first-order valence-electron chi connectivity index (χ1n) is 10.3. The molecular weight excluding hydrogens is 408 g/mol. The van der Waals surface area contributed by atoms with E-state index in [4.69, 9.17) is 9.15 Å². The molecule has 0 fully saturated rings. The van der Waals surface area contributed by atoms with Crippen molar-refractivity contribution in [3.05, 3.63) is 69.1 Å². The largest absolute Gasteiger partial charge is 0.507 e. The first-order chi connectivity index (χ1) is 15.1. The Morgan fingerprint density at radius 3 is 2.22 bits per heavy atom. The standard InChI is InChI=1S/C26H28O6/c1-14(2)6-8-16-10-17(11-22(29)25(16)31-5)19-13-32-26-18(9-7-15(3)4)20(27)12-21(28)23(26)24(19)30/h6-7,10-13,27-29H,8-9H2,1-5H3. The summed E-state index contributed by atoms with van der Waals surface area (Å²) in [7, 11) is 1.48. The molecule has 6 nitrogen and oxygen atoms in total. The van der Waals surface area contributed by atoms with Crippen LogP contribution in [0.3, 0.4) is 0 Å². The lowest BCUT2D eigenvalue weighted by Crippen LogP contribution is -2.07. The van der Waals surface area contributed by atoms with E-state index in [0.717, 1.165) is 17.2 Å². The van der Waals surface area contributed by atoms with Gasteiger partial charge in [0.05, 0.1) is 12.7 Å². The van der Waals surface area contributed by atoms with E-state index >= 15 is 0 Å². The molecule has 0 unspecified atom stereocenters. The fraction of sp³-hybridized carbons (Fsp3) is 0.269. The van der Waals surface area contributed by atoms with E-state index in [2.05, 4.69) is 0 Å². The minimum atomic E-state index is -0.458. The summed E-state index contributed by atoms with van der Waals surface area (Å²) < 4.78 is 11.1. The Kier molecular flexibility index (Phi) is 6.63. The van der Waals surface area contributed by atoms with E-state index in [1.165, 1.54) is 19.4 Å². The Hall–Kier alpha value is -3.67. The number of ether oxygens (including phenoxy) is 1. The molecule has 0 bridgehead atoms. The Morgan fingerprint density at radius 1 is 0.938 bits per heavy atom. The third-order valence-corrected chi connectivity index (χ3v) is 5.21. The average Bonchev–Trinajstić information content (AvgIpc) is 2.71. The van der Waals surface area contributed by atoms with E-state index in [1.807, 2.05) is 39.8 Å². The van der Waals surface area contributed by atoms with E-state index in [0.29, 0.717) is 35.3 Å². The number of allylic oxidation sites excluding steroid dienone is 4. The fourth-order valence-corrected chi connectivity index (χ4v) is 3.56. The van der Waals surface area contributed by atoms with Crippen molar-refractivity contribution in [3.63, 3.8) is 0 Å². The maximum absolute atomic E-state index is 13.4. The molecule has 0 aliphatic rings. The summed E-state index contributed by atoms with van der Waals surface area (Å²) in [5.41, 5.74) is 3.58. The van der Waals surface area contributed by atoms with Gasteiger partial charge in [0.1, 0.15) is 28.7 Å². The SMILES string of the molecule is COc1c(O)cc(-c2coc3c(CC=C(C)C)c(O)cc(O)c3c2=O)cc1CC=C(C)C. The number of methoxy groups -OCH3 is 1. The number of benzene rings is 2. The summed E-state index contributed by atoms with van der Waals surface area (Å²) in [5, 5.41) is 31.2. The smallest absolute Gasteiger partial charge is 0.204 e. The highest BCUT2D eigenvalue weighted by molar-refractivity contribution is 5.91. The van der Waals surface area contributed by atoms with Crippen LogP contribution in [0.4, 0.5) is 0 Å². The van der Waals surface area contributed by atoms with Crippen LogP contribution in [0.1, 0.15) is 38.8 Å². The van der Waals surface area contributed by atoms with Gasteiger partial charge in [0.2, 0.25) is 5.43 Å². The molecule has 3 aromatic rings. The van der Waals surface area contributed by atoms with Crippen molar-refractivity contribution in [1.29, 1.82) is 0 Å². The molecular formula is C26H28O6. The molecule has 1 aromatic heterocycles. The molecule has 0 spiro atoms. The van der Waals surface area contributed by atoms with Gasteiger partial charge in [0, 0.05) is 17.2 Å². The van der Waals surface area contributed by atoms with Crippen LogP contribution in [-0.4, -0.2) is 22.4 Å². The van der Waals surface area contributed by atoms with Gasteiger partial charge in [-0.3, -0.25) is 4.79 Å². The maximum Gasteiger partial charge on any atom is 0.204 e. The molecule has 3 N–H and O–H groups in total. The zero-order valence-electron chi connectivity index (χ0n) is 18.9. The lowest BCUT2D eigenvalue weighted by atomic mass is 9.98. The molecule has 32 heavy (non-hydrogen) atoms. The third kappa shape index (κ3) is 4.49. The summed E-state index contributed by atoms with van der Waals surface area (Å²) in [6.07, 6.45) is 6.05. The van der Waals surface area contributed by atoms with Crippen LogP contribution in [0.5, 0.6) is 23.0 Å². The zero-order chi connectivity index (χ0) is 23.6. The number of rotatable bonds is 6.